The molecule has 0 saturated carbocycles. The standard InChI is InChI=1S/C13H18FNO2/c1-10(14)13-8-17-9-15(13)7-11-3-5-12(16-2)6-4-11/h3-6,10,13H,7-9H2,1-2H3/t10-,13?/m0/s1. The van der Waals surface area contributed by atoms with E-state index >= 15 is 0 Å². The van der Waals surface area contributed by atoms with Crippen LogP contribution < -0.4 is 4.74 Å². The number of nitrogens with zero attached hydrogens (tertiary/aromatic N) is 1. The zero-order valence-electron chi connectivity index (χ0n) is 10.2. The highest BCUT2D eigenvalue weighted by Gasteiger charge is 2.29. The van der Waals surface area contributed by atoms with E-state index in [9.17, 15) is 4.39 Å². The van der Waals surface area contributed by atoms with Crippen molar-refractivity contribution in [3.63, 3.8) is 0 Å². The van der Waals surface area contributed by atoms with Gasteiger partial charge in [0.15, 0.2) is 0 Å². The first-order chi connectivity index (χ1) is 8.20. The lowest BCUT2D eigenvalue weighted by Crippen LogP contribution is -2.36. The molecule has 1 aromatic carbocycles. The first-order valence-electron chi connectivity index (χ1n) is 5.79. The molecule has 1 unspecified atom stereocenters. The number of benzene rings is 1. The number of hydrogen-bond acceptors (Lipinski definition) is 3. The Bertz CT molecular complexity index is 353. The van der Waals surface area contributed by atoms with Gasteiger partial charge in [-0.25, -0.2) is 4.39 Å². The molecule has 1 heterocycles. The van der Waals surface area contributed by atoms with E-state index in [2.05, 4.69) is 0 Å². The first-order valence-corrected chi connectivity index (χ1v) is 5.79. The van der Waals surface area contributed by atoms with Crippen LogP contribution in [0.1, 0.15) is 12.5 Å². The molecule has 0 amide bonds. The van der Waals surface area contributed by atoms with Gasteiger partial charge in [-0.2, -0.15) is 0 Å². The Labute approximate surface area is 101 Å². The molecule has 1 saturated heterocycles. The molecule has 1 aliphatic heterocycles. The molecule has 1 fully saturated rings. The van der Waals surface area contributed by atoms with Crippen molar-refractivity contribution >= 4 is 0 Å². The summed E-state index contributed by atoms with van der Waals surface area (Å²) in [5.41, 5.74) is 1.14. The fourth-order valence-corrected chi connectivity index (χ4v) is 2.04. The van der Waals surface area contributed by atoms with Gasteiger partial charge >= 0.3 is 0 Å². The van der Waals surface area contributed by atoms with Crippen LogP contribution in [-0.4, -0.2) is 37.6 Å². The minimum atomic E-state index is -0.865. The summed E-state index contributed by atoms with van der Waals surface area (Å²) in [5, 5.41) is 0. The summed E-state index contributed by atoms with van der Waals surface area (Å²) >= 11 is 0. The number of alkyl halides is 1. The Hall–Kier alpha value is -1.13. The molecule has 0 N–H and O–H groups in total. The lowest BCUT2D eigenvalue weighted by Gasteiger charge is -2.23. The molecule has 1 aromatic rings. The average molecular weight is 239 g/mol. The summed E-state index contributed by atoms with van der Waals surface area (Å²) in [6.45, 7) is 3.28. The highest BCUT2D eigenvalue weighted by molar-refractivity contribution is 5.27. The van der Waals surface area contributed by atoms with Gasteiger partial charge in [-0.15, -0.1) is 0 Å². The molecule has 0 radical (unpaired) electrons. The van der Waals surface area contributed by atoms with Crippen LogP contribution in [0.15, 0.2) is 24.3 Å². The maximum absolute atomic E-state index is 13.3. The van der Waals surface area contributed by atoms with E-state index in [1.165, 1.54) is 0 Å². The van der Waals surface area contributed by atoms with Crippen molar-refractivity contribution in [1.29, 1.82) is 0 Å². The molecular formula is C13H18FNO2. The SMILES string of the molecule is COc1ccc(CN2COCC2[C@H](C)F)cc1. The van der Waals surface area contributed by atoms with Gasteiger partial charge < -0.3 is 9.47 Å². The molecule has 17 heavy (non-hydrogen) atoms. The van der Waals surface area contributed by atoms with Gasteiger partial charge in [0.25, 0.3) is 0 Å². The smallest absolute Gasteiger partial charge is 0.118 e. The zero-order chi connectivity index (χ0) is 12.3. The van der Waals surface area contributed by atoms with Gasteiger partial charge in [0.2, 0.25) is 0 Å². The number of hydrogen-bond donors (Lipinski definition) is 0. The van der Waals surface area contributed by atoms with Crippen molar-refractivity contribution in [2.45, 2.75) is 25.7 Å². The lowest BCUT2D eigenvalue weighted by atomic mass is 10.1. The Morgan fingerprint density at radius 3 is 2.76 bits per heavy atom. The second-order valence-corrected chi connectivity index (χ2v) is 4.34. The number of methoxy groups -OCH3 is 1. The Balaban J connectivity index is 1.99. The van der Waals surface area contributed by atoms with Crippen LogP contribution in [0.4, 0.5) is 4.39 Å². The second-order valence-electron chi connectivity index (χ2n) is 4.34. The molecule has 1 aliphatic rings. The van der Waals surface area contributed by atoms with Crippen LogP contribution in [-0.2, 0) is 11.3 Å². The fraction of sp³-hybridized carbons (Fsp3) is 0.538. The maximum atomic E-state index is 13.3. The number of ether oxygens (including phenoxy) is 2. The molecule has 0 bridgehead atoms. The zero-order valence-corrected chi connectivity index (χ0v) is 10.2. The molecular weight excluding hydrogens is 221 g/mol. The Morgan fingerprint density at radius 1 is 1.47 bits per heavy atom. The third-order valence-corrected chi connectivity index (χ3v) is 3.09. The van der Waals surface area contributed by atoms with E-state index in [-0.39, 0.29) is 6.04 Å². The summed E-state index contributed by atoms with van der Waals surface area (Å²) in [7, 11) is 1.64. The summed E-state index contributed by atoms with van der Waals surface area (Å²) < 4.78 is 23.7. The molecule has 94 valence electrons. The fourth-order valence-electron chi connectivity index (χ4n) is 2.04. The normalized spacial score (nSPS) is 22.6. The summed E-state index contributed by atoms with van der Waals surface area (Å²) in [6, 6.07) is 7.70. The van der Waals surface area contributed by atoms with Gasteiger partial charge in [-0.1, -0.05) is 12.1 Å². The van der Waals surface area contributed by atoms with Crippen molar-refractivity contribution in [2.24, 2.45) is 0 Å². The van der Waals surface area contributed by atoms with Crippen LogP contribution in [0.5, 0.6) is 5.75 Å². The number of halogens is 1. The van der Waals surface area contributed by atoms with E-state index in [0.29, 0.717) is 19.9 Å². The second kappa shape index (κ2) is 5.47. The Morgan fingerprint density at radius 2 is 2.18 bits per heavy atom. The molecule has 0 aliphatic carbocycles. The van der Waals surface area contributed by atoms with Crippen molar-refractivity contribution < 1.29 is 13.9 Å². The molecule has 3 nitrogen and oxygen atoms in total. The van der Waals surface area contributed by atoms with Gasteiger partial charge in [0, 0.05) is 6.54 Å². The average Bonchev–Trinajstić information content (AvgIpc) is 2.78. The summed E-state index contributed by atoms with van der Waals surface area (Å²) in [6.07, 6.45) is -0.865. The lowest BCUT2D eigenvalue weighted by molar-refractivity contribution is 0.125. The van der Waals surface area contributed by atoms with Crippen LogP contribution in [0.2, 0.25) is 0 Å². The van der Waals surface area contributed by atoms with Gasteiger partial charge in [0.05, 0.1) is 26.5 Å². The van der Waals surface area contributed by atoms with E-state index in [4.69, 9.17) is 9.47 Å². The van der Waals surface area contributed by atoms with E-state index in [0.717, 1.165) is 11.3 Å². The van der Waals surface area contributed by atoms with E-state index in [1.54, 1.807) is 14.0 Å². The van der Waals surface area contributed by atoms with Gasteiger partial charge in [-0.05, 0) is 24.6 Å². The Kier molecular flexibility index (Phi) is 3.97. The number of rotatable bonds is 4. The van der Waals surface area contributed by atoms with E-state index in [1.807, 2.05) is 29.2 Å². The van der Waals surface area contributed by atoms with Crippen molar-refractivity contribution in [2.75, 3.05) is 20.4 Å². The highest BCUT2D eigenvalue weighted by Crippen LogP contribution is 2.20. The monoisotopic (exact) mass is 239 g/mol. The first kappa shape index (κ1) is 12.3. The predicted molar refractivity (Wildman–Crippen MR) is 63.7 cm³/mol. The molecule has 0 spiro atoms. The minimum absolute atomic E-state index is 0.128. The summed E-state index contributed by atoms with van der Waals surface area (Å²) in [4.78, 5) is 2.02. The predicted octanol–water partition coefficient (Wildman–Crippen LogP) is 2.21. The maximum Gasteiger partial charge on any atom is 0.118 e. The van der Waals surface area contributed by atoms with Crippen molar-refractivity contribution in [3.05, 3.63) is 29.8 Å². The molecule has 0 aromatic heterocycles. The van der Waals surface area contributed by atoms with Gasteiger partial charge in [-0.3, -0.25) is 4.90 Å². The largest absolute Gasteiger partial charge is 0.497 e. The third kappa shape index (κ3) is 2.96. The van der Waals surface area contributed by atoms with Crippen LogP contribution in [0.3, 0.4) is 0 Å². The van der Waals surface area contributed by atoms with Gasteiger partial charge in [0.1, 0.15) is 11.9 Å². The minimum Gasteiger partial charge on any atom is -0.497 e. The van der Waals surface area contributed by atoms with Crippen molar-refractivity contribution in [3.8, 4) is 5.75 Å². The van der Waals surface area contributed by atoms with Crippen molar-refractivity contribution in [1.82, 2.24) is 4.90 Å². The topological polar surface area (TPSA) is 21.7 Å². The third-order valence-electron chi connectivity index (χ3n) is 3.09. The van der Waals surface area contributed by atoms with E-state index < -0.39 is 6.17 Å². The van der Waals surface area contributed by atoms with Crippen LogP contribution in [0.25, 0.3) is 0 Å². The quantitative estimate of drug-likeness (QED) is 0.804. The van der Waals surface area contributed by atoms with Crippen LogP contribution >= 0.6 is 0 Å². The van der Waals surface area contributed by atoms with Crippen LogP contribution in [0, 0.1) is 0 Å². The molecule has 4 heteroatoms. The summed E-state index contributed by atoms with van der Waals surface area (Å²) in [5.74, 6) is 0.835. The highest BCUT2D eigenvalue weighted by atomic mass is 19.1. The molecule has 2 atom stereocenters. The molecule has 2 rings (SSSR count).